The van der Waals surface area contributed by atoms with E-state index in [1.807, 2.05) is 23.6 Å². The van der Waals surface area contributed by atoms with Gasteiger partial charge in [-0.25, -0.2) is 9.97 Å². The van der Waals surface area contributed by atoms with Crippen molar-refractivity contribution in [3.63, 3.8) is 0 Å². The number of aryl methyl sites for hydroxylation is 1. The quantitative estimate of drug-likeness (QED) is 0.805. The number of aromatic nitrogens is 3. The van der Waals surface area contributed by atoms with Crippen LogP contribution in [0.5, 0.6) is 0 Å². The van der Waals surface area contributed by atoms with Gasteiger partial charge in [0, 0.05) is 18.3 Å². The van der Waals surface area contributed by atoms with Crippen LogP contribution in [0.2, 0.25) is 5.02 Å². The van der Waals surface area contributed by atoms with Crippen molar-refractivity contribution in [2.24, 2.45) is 0 Å². The summed E-state index contributed by atoms with van der Waals surface area (Å²) in [5.41, 5.74) is 8.52. The monoisotopic (exact) mass is 292 g/mol. The van der Waals surface area contributed by atoms with Crippen molar-refractivity contribution in [3.05, 3.63) is 40.1 Å². The fourth-order valence-electron chi connectivity index (χ4n) is 2.23. The van der Waals surface area contributed by atoms with Crippen LogP contribution < -0.4 is 5.73 Å². The van der Waals surface area contributed by atoms with Crippen LogP contribution in [0, 0.1) is 0 Å². The highest BCUT2D eigenvalue weighted by Crippen LogP contribution is 2.26. The Balaban J connectivity index is 2.10. The third-order valence-corrected chi connectivity index (χ3v) is 4.05. The molecule has 0 unspecified atom stereocenters. The number of nitrogens with zero attached hydrogens (tertiary/aromatic N) is 3. The summed E-state index contributed by atoms with van der Waals surface area (Å²) >= 11 is 7.72. The zero-order valence-electron chi connectivity index (χ0n) is 10.4. The molecule has 4 nitrogen and oxygen atoms in total. The van der Waals surface area contributed by atoms with Gasteiger partial charge < -0.3 is 10.3 Å². The van der Waals surface area contributed by atoms with Crippen LogP contribution in [0.4, 0.5) is 5.13 Å². The first kappa shape index (κ1) is 12.4. The van der Waals surface area contributed by atoms with E-state index >= 15 is 0 Å². The molecule has 0 saturated carbocycles. The highest BCUT2D eigenvalue weighted by molar-refractivity contribution is 7.13. The Hall–Kier alpha value is -1.59. The van der Waals surface area contributed by atoms with E-state index in [9.17, 15) is 0 Å². The molecule has 0 bridgehead atoms. The van der Waals surface area contributed by atoms with E-state index < -0.39 is 0 Å². The van der Waals surface area contributed by atoms with Crippen LogP contribution in [0.15, 0.2) is 23.6 Å². The Morgan fingerprint density at radius 2 is 2.21 bits per heavy atom. The SMILES string of the molecule is CCn1c(Cc2csc(N)n2)nc2cccc(Cl)c21. The molecule has 0 aliphatic carbocycles. The largest absolute Gasteiger partial charge is 0.375 e. The zero-order chi connectivity index (χ0) is 13.4. The molecule has 0 amide bonds. The lowest BCUT2D eigenvalue weighted by Crippen LogP contribution is -2.03. The lowest BCUT2D eigenvalue weighted by atomic mass is 10.3. The molecule has 0 aliphatic heterocycles. The molecule has 0 fully saturated rings. The van der Waals surface area contributed by atoms with Gasteiger partial charge in [-0.05, 0) is 19.1 Å². The average molecular weight is 293 g/mol. The minimum absolute atomic E-state index is 0.590. The number of halogens is 1. The normalized spacial score (nSPS) is 11.3. The van der Waals surface area contributed by atoms with Gasteiger partial charge in [0.1, 0.15) is 5.82 Å². The lowest BCUT2D eigenvalue weighted by molar-refractivity contribution is 0.730. The van der Waals surface area contributed by atoms with Gasteiger partial charge in [-0.15, -0.1) is 11.3 Å². The first-order valence-electron chi connectivity index (χ1n) is 6.02. The first-order valence-corrected chi connectivity index (χ1v) is 7.28. The van der Waals surface area contributed by atoms with E-state index in [-0.39, 0.29) is 0 Å². The Kier molecular flexibility index (Phi) is 3.16. The van der Waals surface area contributed by atoms with Crippen LogP contribution in [0.3, 0.4) is 0 Å². The van der Waals surface area contributed by atoms with Crippen LogP contribution >= 0.6 is 22.9 Å². The second-order valence-electron chi connectivity index (χ2n) is 4.23. The minimum atomic E-state index is 0.590. The third kappa shape index (κ3) is 2.19. The molecule has 19 heavy (non-hydrogen) atoms. The fraction of sp³-hybridized carbons (Fsp3) is 0.231. The number of nitrogens with two attached hydrogens (primary N) is 1. The minimum Gasteiger partial charge on any atom is -0.375 e. The van der Waals surface area contributed by atoms with Gasteiger partial charge in [0.15, 0.2) is 5.13 Å². The van der Waals surface area contributed by atoms with Gasteiger partial charge in [0.2, 0.25) is 0 Å². The standard InChI is InChI=1S/C13H13ClN4S/c1-2-18-11(6-8-7-19-13(15)16-8)17-10-5-3-4-9(14)12(10)18/h3-5,7H,2,6H2,1H3,(H2,15,16). The van der Waals surface area contributed by atoms with E-state index in [0.717, 1.165) is 34.1 Å². The number of thiazole rings is 1. The molecule has 3 rings (SSSR count). The van der Waals surface area contributed by atoms with E-state index in [1.54, 1.807) is 0 Å². The predicted octanol–water partition coefficient (Wildman–Crippen LogP) is 3.34. The van der Waals surface area contributed by atoms with Crippen molar-refractivity contribution in [3.8, 4) is 0 Å². The molecule has 0 radical (unpaired) electrons. The number of benzene rings is 1. The molecular weight excluding hydrogens is 280 g/mol. The number of fused-ring (bicyclic) bond motifs is 1. The molecular formula is C13H13ClN4S. The summed E-state index contributed by atoms with van der Waals surface area (Å²) in [6, 6.07) is 5.79. The van der Waals surface area contributed by atoms with Crippen molar-refractivity contribution in [2.75, 3.05) is 5.73 Å². The number of nitrogen functional groups attached to an aromatic ring is 1. The molecule has 0 atom stereocenters. The summed E-state index contributed by atoms with van der Waals surface area (Å²) in [6.45, 7) is 2.92. The van der Waals surface area contributed by atoms with Gasteiger partial charge >= 0.3 is 0 Å². The van der Waals surface area contributed by atoms with Crippen LogP contribution in [0.25, 0.3) is 11.0 Å². The number of anilines is 1. The third-order valence-electron chi connectivity index (χ3n) is 3.02. The van der Waals surface area contributed by atoms with E-state index in [1.165, 1.54) is 11.3 Å². The van der Waals surface area contributed by atoms with Crippen LogP contribution in [-0.4, -0.2) is 14.5 Å². The second-order valence-corrected chi connectivity index (χ2v) is 5.53. The maximum absolute atomic E-state index is 6.27. The molecule has 98 valence electrons. The zero-order valence-corrected chi connectivity index (χ0v) is 12.0. The van der Waals surface area contributed by atoms with E-state index in [0.29, 0.717) is 11.6 Å². The lowest BCUT2D eigenvalue weighted by Gasteiger charge is -2.05. The highest BCUT2D eigenvalue weighted by atomic mass is 35.5. The Morgan fingerprint density at radius 1 is 1.37 bits per heavy atom. The van der Waals surface area contributed by atoms with Crippen LogP contribution in [0.1, 0.15) is 18.4 Å². The molecule has 2 heterocycles. The first-order chi connectivity index (χ1) is 9.19. The molecule has 2 aromatic heterocycles. The van der Waals surface area contributed by atoms with Crippen molar-refractivity contribution >= 4 is 39.1 Å². The average Bonchev–Trinajstić information content (AvgIpc) is 2.94. The van der Waals surface area contributed by atoms with E-state index in [2.05, 4.69) is 21.5 Å². The second kappa shape index (κ2) is 4.83. The topological polar surface area (TPSA) is 56.7 Å². The number of hydrogen-bond acceptors (Lipinski definition) is 4. The van der Waals surface area contributed by atoms with Crippen molar-refractivity contribution in [1.29, 1.82) is 0 Å². The molecule has 2 N–H and O–H groups in total. The van der Waals surface area contributed by atoms with Gasteiger partial charge in [-0.2, -0.15) is 0 Å². The number of rotatable bonds is 3. The summed E-state index contributed by atoms with van der Waals surface area (Å²) in [7, 11) is 0. The van der Waals surface area contributed by atoms with Gasteiger partial charge in [-0.3, -0.25) is 0 Å². The van der Waals surface area contributed by atoms with E-state index in [4.69, 9.17) is 17.3 Å². The van der Waals surface area contributed by atoms with Crippen molar-refractivity contribution < 1.29 is 0 Å². The maximum Gasteiger partial charge on any atom is 0.180 e. The summed E-state index contributed by atoms with van der Waals surface area (Å²) in [5.74, 6) is 0.968. The highest BCUT2D eigenvalue weighted by Gasteiger charge is 2.13. The van der Waals surface area contributed by atoms with Gasteiger partial charge in [0.05, 0.1) is 21.7 Å². The Morgan fingerprint density at radius 3 is 2.89 bits per heavy atom. The Bertz CT molecular complexity index is 731. The summed E-state index contributed by atoms with van der Waals surface area (Å²) < 4.78 is 2.13. The predicted molar refractivity (Wildman–Crippen MR) is 79.7 cm³/mol. The molecule has 6 heteroatoms. The fourth-order valence-corrected chi connectivity index (χ4v) is 3.07. The smallest absolute Gasteiger partial charge is 0.180 e. The summed E-state index contributed by atoms with van der Waals surface area (Å²) in [6.07, 6.45) is 0.673. The Labute approximate surface area is 119 Å². The summed E-state index contributed by atoms with van der Waals surface area (Å²) in [5, 5.41) is 3.29. The molecule has 1 aromatic carbocycles. The van der Waals surface area contributed by atoms with Crippen molar-refractivity contribution in [1.82, 2.24) is 14.5 Å². The number of hydrogen-bond donors (Lipinski definition) is 1. The molecule has 3 aromatic rings. The number of para-hydroxylation sites is 1. The summed E-state index contributed by atoms with van der Waals surface area (Å²) in [4.78, 5) is 8.94. The molecule has 0 aliphatic rings. The molecule has 0 saturated heterocycles. The van der Waals surface area contributed by atoms with Gasteiger partial charge in [-0.1, -0.05) is 17.7 Å². The van der Waals surface area contributed by atoms with Gasteiger partial charge in [0.25, 0.3) is 0 Å². The maximum atomic E-state index is 6.27. The van der Waals surface area contributed by atoms with Crippen molar-refractivity contribution in [2.45, 2.75) is 19.9 Å². The molecule has 0 spiro atoms. The number of imidazole rings is 1. The van der Waals surface area contributed by atoms with Crippen LogP contribution in [-0.2, 0) is 13.0 Å².